The van der Waals surface area contributed by atoms with Gasteiger partial charge in [-0.15, -0.1) is 0 Å². The second-order valence-electron chi connectivity index (χ2n) is 8.04. The second kappa shape index (κ2) is 9.64. The third-order valence-corrected chi connectivity index (χ3v) is 5.86. The maximum atomic E-state index is 13.3. The lowest BCUT2D eigenvalue weighted by Crippen LogP contribution is -2.37. The van der Waals surface area contributed by atoms with Crippen LogP contribution in [-0.2, 0) is 11.2 Å². The first-order valence-electron chi connectivity index (χ1n) is 10.8. The van der Waals surface area contributed by atoms with E-state index in [4.69, 9.17) is 4.74 Å². The number of amides is 2. The van der Waals surface area contributed by atoms with Gasteiger partial charge in [-0.05, 0) is 47.7 Å². The van der Waals surface area contributed by atoms with Gasteiger partial charge in [0.1, 0.15) is 5.75 Å². The number of rotatable bonds is 5. The highest BCUT2D eigenvalue weighted by atomic mass is 16.5. The quantitative estimate of drug-likeness (QED) is 0.674. The van der Waals surface area contributed by atoms with Gasteiger partial charge in [0.2, 0.25) is 5.91 Å². The summed E-state index contributed by atoms with van der Waals surface area (Å²) in [6.07, 6.45) is 4.15. The molecule has 1 atom stereocenters. The molecule has 32 heavy (non-hydrogen) atoms. The Morgan fingerprint density at radius 3 is 2.66 bits per heavy atom. The Hall–Kier alpha value is -3.67. The van der Waals surface area contributed by atoms with Crippen LogP contribution in [-0.4, -0.2) is 48.4 Å². The first-order chi connectivity index (χ1) is 15.6. The van der Waals surface area contributed by atoms with Crippen molar-refractivity contribution >= 4 is 11.8 Å². The summed E-state index contributed by atoms with van der Waals surface area (Å²) < 4.78 is 5.48. The maximum absolute atomic E-state index is 13.3. The third kappa shape index (κ3) is 4.64. The standard InChI is InChI=1S/C26H27N3O3/c1-18-5-3-7-23(24(18)32-2)26(31)29-14-13-28-25(30)22(17-29)15-19-8-10-20(11-9-19)21-6-4-12-27-16-21/h3-12,16,22H,13-15,17H2,1-2H3,(H,28,30)/t22-/m0/s1. The van der Waals surface area contributed by atoms with E-state index in [-0.39, 0.29) is 17.7 Å². The monoisotopic (exact) mass is 429 g/mol. The molecule has 0 bridgehead atoms. The number of aromatic nitrogens is 1. The molecule has 2 amide bonds. The Bertz CT molecular complexity index is 1100. The molecule has 1 fully saturated rings. The highest BCUT2D eigenvalue weighted by Gasteiger charge is 2.29. The summed E-state index contributed by atoms with van der Waals surface area (Å²) in [4.78, 5) is 31.9. The minimum Gasteiger partial charge on any atom is -0.496 e. The number of aryl methyl sites for hydroxylation is 1. The lowest BCUT2D eigenvalue weighted by molar-refractivity contribution is -0.124. The number of methoxy groups -OCH3 is 1. The highest BCUT2D eigenvalue weighted by molar-refractivity contribution is 5.98. The van der Waals surface area contributed by atoms with Gasteiger partial charge in [-0.1, -0.05) is 42.5 Å². The van der Waals surface area contributed by atoms with Gasteiger partial charge in [0, 0.05) is 32.0 Å². The zero-order valence-electron chi connectivity index (χ0n) is 18.4. The Morgan fingerprint density at radius 1 is 1.12 bits per heavy atom. The van der Waals surface area contributed by atoms with Crippen molar-refractivity contribution in [1.82, 2.24) is 15.2 Å². The largest absolute Gasteiger partial charge is 0.496 e. The summed E-state index contributed by atoms with van der Waals surface area (Å²) in [7, 11) is 1.57. The molecule has 3 aromatic rings. The molecule has 2 aromatic carbocycles. The number of pyridine rings is 1. The van der Waals surface area contributed by atoms with Crippen LogP contribution in [0.2, 0.25) is 0 Å². The molecule has 0 aliphatic carbocycles. The maximum Gasteiger partial charge on any atom is 0.257 e. The molecular weight excluding hydrogens is 402 g/mol. The zero-order chi connectivity index (χ0) is 22.5. The van der Waals surface area contributed by atoms with Crippen molar-refractivity contribution < 1.29 is 14.3 Å². The minimum absolute atomic E-state index is 0.0205. The Labute approximate surface area is 188 Å². The fraction of sp³-hybridized carbons (Fsp3) is 0.269. The van der Waals surface area contributed by atoms with E-state index < -0.39 is 0 Å². The first kappa shape index (κ1) is 21.6. The SMILES string of the molecule is COc1c(C)cccc1C(=O)N1CCNC(=O)[C@@H](Cc2ccc(-c3cccnc3)cc2)C1. The molecule has 1 saturated heterocycles. The molecule has 1 aromatic heterocycles. The predicted octanol–water partition coefficient (Wildman–Crippen LogP) is 3.50. The van der Waals surface area contributed by atoms with Crippen LogP contribution in [0, 0.1) is 12.8 Å². The van der Waals surface area contributed by atoms with E-state index >= 15 is 0 Å². The predicted molar refractivity (Wildman–Crippen MR) is 124 cm³/mol. The summed E-state index contributed by atoms with van der Waals surface area (Å²) in [6.45, 7) is 3.19. The molecule has 0 saturated carbocycles. The molecule has 0 unspecified atom stereocenters. The molecule has 6 heteroatoms. The van der Waals surface area contributed by atoms with E-state index in [9.17, 15) is 9.59 Å². The zero-order valence-corrected chi connectivity index (χ0v) is 18.4. The number of nitrogens with zero attached hydrogens (tertiary/aromatic N) is 2. The van der Waals surface area contributed by atoms with E-state index in [2.05, 4.69) is 10.3 Å². The average molecular weight is 430 g/mol. The summed E-state index contributed by atoms with van der Waals surface area (Å²) in [5.41, 5.74) is 4.62. The number of carbonyl (C=O) groups excluding carboxylic acids is 2. The molecule has 4 rings (SSSR count). The number of ether oxygens (including phenoxy) is 1. The van der Waals surface area contributed by atoms with Crippen LogP contribution in [0.1, 0.15) is 21.5 Å². The summed E-state index contributed by atoms with van der Waals surface area (Å²) in [6, 6.07) is 17.6. The molecule has 1 aliphatic rings. The van der Waals surface area contributed by atoms with Crippen LogP contribution in [0.5, 0.6) is 5.75 Å². The number of nitrogens with one attached hydrogen (secondary N) is 1. The first-order valence-corrected chi connectivity index (χ1v) is 10.8. The summed E-state index contributed by atoms with van der Waals surface area (Å²) in [5, 5.41) is 2.96. The Balaban J connectivity index is 1.51. The fourth-order valence-corrected chi connectivity index (χ4v) is 4.15. The van der Waals surface area contributed by atoms with Crippen molar-refractivity contribution in [3.05, 3.63) is 83.7 Å². The van der Waals surface area contributed by atoms with Gasteiger partial charge in [0.15, 0.2) is 0 Å². The third-order valence-electron chi connectivity index (χ3n) is 5.86. The minimum atomic E-state index is -0.318. The number of para-hydroxylation sites is 1. The van der Waals surface area contributed by atoms with E-state index in [1.807, 2.05) is 61.7 Å². The van der Waals surface area contributed by atoms with Gasteiger partial charge in [0.25, 0.3) is 5.91 Å². The normalized spacial score (nSPS) is 16.2. The number of benzene rings is 2. The number of hydrogen-bond acceptors (Lipinski definition) is 4. The fourth-order valence-electron chi connectivity index (χ4n) is 4.15. The number of carbonyl (C=O) groups is 2. The van der Waals surface area contributed by atoms with Crippen molar-refractivity contribution in [2.75, 3.05) is 26.7 Å². The van der Waals surface area contributed by atoms with Crippen LogP contribution in [0.25, 0.3) is 11.1 Å². The van der Waals surface area contributed by atoms with Crippen molar-refractivity contribution in [2.24, 2.45) is 5.92 Å². The van der Waals surface area contributed by atoms with Gasteiger partial charge < -0.3 is 15.0 Å². The van der Waals surface area contributed by atoms with Gasteiger partial charge in [-0.3, -0.25) is 14.6 Å². The van der Waals surface area contributed by atoms with E-state index in [1.165, 1.54) is 0 Å². The van der Waals surface area contributed by atoms with Crippen molar-refractivity contribution in [1.29, 1.82) is 0 Å². The Morgan fingerprint density at radius 2 is 1.94 bits per heavy atom. The molecule has 6 nitrogen and oxygen atoms in total. The summed E-state index contributed by atoms with van der Waals surface area (Å²) >= 11 is 0. The topological polar surface area (TPSA) is 71.5 Å². The van der Waals surface area contributed by atoms with Crippen LogP contribution in [0.3, 0.4) is 0 Å². The lowest BCUT2D eigenvalue weighted by atomic mass is 9.96. The van der Waals surface area contributed by atoms with Gasteiger partial charge in [0.05, 0.1) is 18.6 Å². The molecule has 2 heterocycles. The Kier molecular flexibility index (Phi) is 6.50. The van der Waals surface area contributed by atoms with Gasteiger partial charge in [-0.2, -0.15) is 0 Å². The molecule has 164 valence electrons. The number of hydrogen-bond donors (Lipinski definition) is 1. The highest BCUT2D eigenvalue weighted by Crippen LogP contribution is 2.26. The lowest BCUT2D eigenvalue weighted by Gasteiger charge is -2.24. The molecule has 1 N–H and O–H groups in total. The van der Waals surface area contributed by atoms with E-state index in [0.717, 1.165) is 22.3 Å². The van der Waals surface area contributed by atoms with E-state index in [0.29, 0.717) is 37.4 Å². The van der Waals surface area contributed by atoms with Crippen molar-refractivity contribution in [3.8, 4) is 16.9 Å². The van der Waals surface area contributed by atoms with Crippen LogP contribution in [0.15, 0.2) is 67.0 Å². The van der Waals surface area contributed by atoms with Crippen molar-refractivity contribution in [2.45, 2.75) is 13.3 Å². The van der Waals surface area contributed by atoms with Crippen LogP contribution >= 0.6 is 0 Å². The molecular formula is C26H27N3O3. The second-order valence-corrected chi connectivity index (χ2v) is 8.04. The van der Waals surface area contributed by atoms with Crippen LogP contribution < -0.4 is 10.1 Å². The molecule has 0 radical (unpaired) electrons. The van der Waals surface area contributed by atoms with Gasteiger partial charge in [-0.25, -0.2) is 0 Å². The van der Waals surface area contributed by atoms with Gasteiger partial charge >= 0.3 is 0 Å². The molecule has 1 aliphatic heterocycles. The van der Waals surface area contributed by atoms with Crippen molar-refractivity contribution in [3.63, 3.8) is 0 Å². The van der Waals surface area contributed by atoms with E-state index in [1.54, 1.807) is 24.3 Å². The molecule has 0 spiro atoms. The smallest absolute Gasteiger partial charge is 0.257 e. The van der Waals surface area contributed by atoms with Crippen LogP contribution in [0.4, 0.5) is 0 Å². The average Bonchev–Trinajstić information content (AvgIpc) is 3.01. The summed E-state index contributed by atoms with van der Waals surface area (Å²) in [5.74, 6) is 0.136.